The molecule has 57 heavy (non-hydrogen) atoms. The number of aromatic nitrogens is 5. The van der Waals surface area contributed by atoms with Gasteiger partial charge in [-0.25, -0.2) is 0 Å². The van der Waals surface area contributed by atoms with Gasteiger partial charge in [0.15, 0.2) is 0 Å². The Labute approximate surface area is 350 Å². The average molecular weight is 774 g/mol. The van der Waals surface area contributed by atoms with E-state index in [0.29, 0.717) is 0 Å². The average Bonchev–Trinajstić information content (AvgIpc) is 3.11. The zero-order chi connectivity index (χ0) is 44.2. The number of hydrogen-bond acceptors (Lipinski definition) is 5. The molecule has 0 atom stereocenters. The Morgan fingerprint density at radius 1 is 0.368 bits per heavy atom. The SMILES string of the molecule is CC(C)(C)c1cccnc1.CC(C)(C)c1ccncc1.CC(C)(C)c1cnccn1.Cc1c(C)c(C)c(C(C)(C)C)c(C)c1C.Cc1cc(C(C)(C)C)cnc1C. The second kappa shape index (κ2) is 21.0. The molecule has 4 aromatic heterocycles. The molecule has 0 bridgehead atoms. The molecule has 0 unspecified atom stereocenters. The van der Waals surface area contributed by atoms with Crippen LogP contribution in [0, 0.1) is 48.5 Å². The molecule has 5 heteroatoms. The fraction of sp³-hybridized carbons (Fsp3) is 0.519. The molecule has 0 aliphatic heterocycles. The summed E-state index contributed by atoms with van der Waals surface area (Å²) >= 11 is 0. The number of hydrogen-bond donors (Lipinski definition) is 0. The Balaban J connectivity index is 0.000000360. The summed E-state index contributed by atoms with van der Waals surface area (Å²) in [7, 11) is 0. The van der Waals surface area contributed by atoms with Gasteiger partial charge in [-0.05, 0) is 144 Å². The molecule has 5 rings (SSSR count). The van der Waals surface area contributed by atoms with Crippen molar-refractivity contribution < 1.29 is 0 Å². The first-order valence-electron chi connectivity index (χ1n) is 20.5. The van der Waals surface area contributed by atoms with Crippen molar-refractivity contribution in [2.45, 2.75) is 179 Å². The van der Waals surface area contributed by atoms with Crippen molar-refractivity contribution in [3.8, 4) is 0 Å². The van der Waals surface area contributed by atoms with Crippen LogP contribution in [0.3, 0.4) is 0 Å². The monoisotopic (exact) mass is 774 g/mol. The molecule has 5 nitrogen and oxygen atoms in total. The molecule has 1 aromatic carbocycles. The van der Waals surface area contributed by atoms with E-state index in [4.69, 9.17) is 0 Å². The maximum Gasteiger partial charge on any atom is 0.0640 e. The van der Waals surface area contributed by atoms with Crippen LogP contribution in [0.5, 0.6) is 0 Å². The zero-order valence-corrected chi connectivity index (χ0v) is 40.2. The predicted molar refractivity (Wildman–Crippen MR) is 248 cm³/mol. The minimum atomic E-state index is 0.119. The van der Waals surface area contributed by atoms with Gasteiger partial charge in [0.1, 0.15) is 0 Å². The highest BCUT2D eigenvalue weighted by atomic mass is 14.8. The Morgan fingerprint density at radius 2 is 0.842 bits per heavy atom. The molecule has 0 aliphatic carbocycles. The summed E-state index contributed by atoms with van der Waals surface area (Å²) in [4.78, 5) is 20.5. The Morgan fingerprint density at radius 3 is 1.16 bits per heavy atom. The van der Waals surface area contributed by atoms with E-state index in [2.05, 4.69) is 195 Å². The highest BCUT2D eigenvalue weighted by Crippen LogP contribution is 2.34. The lowest BCUT2D eigenvalue weighted by Gasteiger charge is -2.28. The van der Waals surface area contributed by atoms with Gasteiger partial charge in [-0.3, -0.25) is 24.9 Å². The van der Waals surface area contributed by atoms with Crippen molar-refractivity contribution in [3.05, 3.63) is 147 Å². The van der Waals surface area contributed by atoms with Crippen LogP contribution in [-0.2, 0) is 27.1 Å². The molecule has 0 saturated carbocycles. The molecule has 0 radical (unpaired) electrons. The van der Waals surface area contributed by atoms with E-state index in [1.807, 2.05) is 37.8 Å². The number of nitrogens with zero attached hydrogens (tertiary/aromatic N) is 5. The van der Waals surface area contributed by atoms with E-state index in [9.17, 15) is 0 Å². The van der Waals surface area contributed by atoms with Gasteiger partial charge in [0.2, 0.25) is 0 Å². The first kappa shape index (κ1) is 50.8. The molecule has 0 fully saturated rings. The van der Waals surface area contributed by atoms with E-state index in [-0.39, 0.29) is 27.1 Å². The fourth-order valence-electron chi connectivity index (χ4n) is 6.02. The van der Waals surface area contributed by atoms with Gasteiger partial charge in [-0.2, -0.15) is 0 Å². The van der Waals surface area contributed by atoms with Crippen molar-refractivity contribution in [1.29, 1.82) is 0 Å². The molecule has 4 heterocycles. The largest absolute Gasteiger partial charge is 0.265 e. The van der Waals surface area contributed by atoms with Crippen molar-refractivity contribution in [2.24, 2.45) is 0 Å². The highest BCUT2D eigenvalue weighted by molar-refractivity contribution is 5.51. The summed E-state index contributed by atoms with van der Waals surface area (Å²) in [5.41, 5.74) is 17.3. The van der Waals surface area contributed by atoms with Gasteiger partial charge in [-0.15, -0.1) is 0 Å². The van der Waals surface area contributed by atoms with Crippen LogP contribution in [0.25, 0.3) is 0 Å². The second-order valence-electron chi connectivity index (χ2n) is 20.4. The van der Waals surface area contributed by atoms with Gasteiger partial charge in [0, 0.05) is 60.7 Å². The van der Waals surface area contributed by atoms with Gasteiger partial charge in [-0.1, -0.05) is 116 Å². The minimum absolute atomic E-state index is 0.119. The predicted octanol–water partition coefficient (Wildman–Crippen LogP) is 14.1. The summed E-state index contributed by atoms with van der Waals surface area (Å²) in [5, 5.41) is 0. The van der Waals surface area contributed by atoms with Gasteiger partial charge < -0.3 is 0 Å². The van der Waals surface area contributed by atoms with Gasteiger partial charge >= 0.3 is 0 Å². The number of pyridine rings is 3. The van der Waals surface area contributed by atoms with Crippen molar-refractivity contribution in [3.63, 3.8) is 0 Å². The van der Waals surface area contributed by atoms with Crippen molar-refractivity contribution >= 4 is 0 Å². The Bertz CT molecular complexity index is 1780. The van der Waals surface area contributed by atoms with Gasteiger partial charge in [0.05, 0.1) is 5.69 Å². The quantitative estimate of drug-likeness (QED) is 0.157. The van der Waals surface area contributed by atoms with E-state index in [1.165, 1.54) is 55.6 Å². The molecule has 0 spiro atoms. The maximum atomic E-state index is 4.35. The molecule has 0 saturated heterocycles. The third-order valence-electron chi connectivity index (χ3n) is 10.4. The zero-order valence-electron chi connectivity index (χ0n) is 40.2. The lowest BCUT2D eigenvalue weighted by Crippen LogP contribution is -2.17. The normalized spacial score (nSPS) is 11.7. The van der Waals surface area contributed by atoms with Crippen LogP contribution < -0.4 is 0 Å². The summed E-state index contributed by atoms with van der Waals surface area (Å²) in [6.45, 7) is 48.4. The maximum absolute atomic E-state index is 4.35. The molecular weight excluding hydrogens is 695 g/mol. The summed E-state index contributed by atoms with van der Waals surface area (Å²) < 4.78 is 0. The summed E-state index contributed by atoms with van der Waals surface area (Å²) in [6, 6.07) is 10.4. The third kappa shape index (κ3) is 17.0. The smallest absolute Gasteiger partial charge is 0.0640 e. The first-order chi connectivity index (χ1) is 25.9. The molecule has 312 valence electrons. The lowest BCUT2D eigenvalue weighted by atomic mass is 9.77. The fourth-order valence-corrected chi connectivity index (χ4v) is 6.02. The third-order valence-corrected chi connectivity index (χ3v) is 10.4. The van der Waals surface area contributed by atoms with Crippen LogP contribution in [0.2, 0.25) is 0 Å². The van der Waals surface area contributed by atoms with Crippen LogP contribution in [0.4, 0.5) is 0 Å². The molecular formula is C52H79N5. The number of aryl methyl sites for hydroxylation is 2. The number of rotatable bonds is 0. The molecule has 0 N–H and O–H groups in total. The Hall–Kier alpha value is -4.25. The summed E-state index contributed by atoms with van der Waals surface area (Å²) in [6.07, 6.45) is 14.6. The van der Waals surface area contributed by atoms with E-state index < -0.39 is 0 Å². The highest BCUT2D eigenvalue weighted by Gasteiger charge is 2.22. The lowest BCUT2D eigenvalue weighted by molar-refractivity contribution is 0.565. The minimum Gasteiger partial charge on any atom is -0.265 e. The second-order valence-corrected chi connectivity index (χ2v) is 20.4. The van der Waals surface area contributed by atoms with Crippen molar-refractivity contribution in [1.82, 2.24) is 24.9 Å². The molecule has 0 aliphatic rings. The van der Waals surface area contributed by atoms with E-state index in [0.717, 1.165) is 11.4 Å². The van der Waals surface area contributed by atoms with Crippen molar-refractivity contribution in [2.75, 3.05) is 0 Å². The number of benzene rings is 1. The topological polar surface area (TPSA) is 64.5 Å². The van der Waals surface area contributed by atoms with Crippen LogP contribution in [0.1, 0.15) is 171 Å². The van der Waals surface area contributed by atoms with Crippen LogP contribution in [0.15, 0.2) is 79.9 Å². The van der Waals surface area contributed by atoms with Crippen LogP contribution >= 0.6 is 0 Å². The van der Waals surface area contributed by atoms with E-state index in [1.54, 1.807) is 24.8 Å². The van der Waals surface area contributed by atoms with E-state index >= 15 is 0 Å². The first-order valence-corrected chi connectivity index (χ1v) is 20.5. The summed E-state index contributed by atoms with van der Waals surface area (Å²) in [5.74, 6) is 0. The van der Waals surface area contributed by atoms with Gasteiger partial charge in [0.25, 0.3) is 0 Å². The standard InChI is InChI=1S/C15H24.C11H17N.2C9H13N.C8H12N2/c1-9-10(2)12(4)14(15(6,7)8)13(5)11(9)3;1-8-6-10(11(3,4)5)7-12-9(8)2;1-9(2,3)8-4-6-10-7-5-8;1-9(2,3)8-5-4-6-10-7-8;1-8(2,3)7-6-9-4-5-10-7/h1-8H3;6-7H,1-5H3;2*4-7H,1-3H3;4-6H,1-3H3. The Kier molecular flexibility index (Phi) is 18.7. The molecule has 5 aromatic rings. The van der Waals surface area contributed by atoms with Crippen LogP contribution in [-0.4, -0.2) is 24.9 Å². The molecule has 0 amide bonds.